The van der Waals surface area contributed by atoms with E-state index in [1.54, 1.807) is 37.3 Å². The number of ether oxygens (including phenoxy) is 1. The highest BCUT2D eigenvalue weighted by Crippen LogP contribution is 2.34. The Bertz CT molecular complexity index is 1170. The van der Waals surface area contributed by atoms with Crippen LogP contribution in [0.3, 0.4) is 0 Å². The Morgan fingerprint density at radius 1 is 1.20 bits per heavy atom. The summed E-state index contributed by atoms with van der Waals surface area (Å²) in [6.45, 7) is 1.71. The van der Waals surface area contributed by atoms with Crippen LogP contribution in [0.25, 0.3) is 0 Å². The largest absolute Gasteiger partial charge is 0.497 e. The Labute approximate surface area is 182 Å². The Balaban J connectivity index is 2.15. The van der Waals surface area contributed by atoms with E-state index in [-0.39, 0.29) is 16.1 Å². The van der Waals surface area contributed by atoms with Crippen molar-refractivity contribution in [3.05, 3.63) is 82.1 Å². The molecule has 2 aromatic carbocycles. The molecular weight excluding hydrogens is 472 g/mol. The zero-order chi connectivity index (χ0) is 21.9. The third-order valence-corrected chi connectivity index (χ3v) is 6.89. The van der Waals surface area contributed by atoms with Gasteiger partial charge in [-0.15, -0.1) is 0 Å². The number of aromatic nitrogens is 1. The molecule has 3 aromatic rings. The van der Waals surface area contributed by atoms with Crippen molar-refractivity contribution < 1.29 is 23.1 Å². The van der Waals surface area contributed by atoms with E-state index >= 15 is 0 Å². The van der Waals surface area contributed by atoms with Gasteiger partial charge < -0.3 is 15.2 Å². The van der Waals surface area contributed by atoms with E-state index in [2.05, 4.69) is 26.2 Å². The predicted molar refractivity (Wildman–Crippen MR) is 117 cm³/mol. The first kappa shape index (κ1) is 21.8. The second-order valence-electron chi connectivity index (χ2n) is 6.48. The molecule has 0 fully saturated rings. The summed E-state index contributed by atoms with van der Waals surface area (Å²) in [6, 6.07) is 12.4. The second-order valence-corrected chi connectivity index (χ2v) is 9.43. The van der Waals surface area contributed by atoms with Gasteiger partial charge in [0.25, 0.3) is 0 Å². The quantitative estimate of drug-likeness (QED) is 0.503. The number of sulfone groups is 1. The van der Waals surface area contributed by atoms with E-state index in [1.165, 1.54) is 37.7 Å². The SMILES string of the molecule is COc1ccc(S(=O)(=O)C(Nc2c(C)cc(Br)cc2C(=O)O)c2cccnc2)cc1. The minimum Gasteiger partial charge on any atom is -0.497 e. The summed E-state index contributed by atoms with van der Waals surface area (Å²) in [7, 11) is -2.46. The molecule has 0 amide bonds. The third kappa shape index (κ3) is 4.47. The highest BCUT2D eigenvalue weighted by Gasteiger charge is 2.31. The number of benzene rings is 2. The molecule has 156 valence electrons. The smallest absolute Gasteiger partial charge is 0.337 e. The molecule has 1 aromatic heterocycles. The molecule has 0 bridgehead atoms. The van der Waals surface area contributed by atoms with Crippen molar-refractivity contribution in [2.75, 3.05) is 12.4 Å². The summed E-state index contributed by atoms with van der Waals surface area (Å²) in [5.41, 5.74) is 1.14. The monoisotopic (exact) mass is 490 g/mol. The number of aromatic carboxylic acids is 1. The molecule has 1 unspecified atom stereocenters. The number of pyridine rings is 1. The molecule has 0 saturated carbocycles. The number of carboxylic acid groups (broad SMARTS) is 1. The maximum absolute atomic E-state index is 13.5. The van der Waals surface area contributed by atoms with Crippen molar-refractivity contribution in [3.63, 3.8) is 0 Å². The Hall–Kier alpha value is -2.91. The van der Waals surface area contributed by atoms with Gasteiger partial charge in [0.05, 0.1) is 23.3 Å². The summed E-state index contributed by atoms with van der Waals surface area (Å²) in [5, 5.41) is 11.3. The molecule has 0 aliphatic carbocycles. The number of carboxylic acids is 1. The number of aryl methyl sites for hydroxylation is 1. The number of halogens is 1. The molecule has 0 aliphatic heterocycles. The Morgan fingerprint density at radius 2 is 1.90 bits per heavy atom. The maximum Gasteiger partial charge on any atom is 0.337 e. The fourth-order valence-corrected chi connectivity index (χ4v) is 5.14. The number of nitrogens with zero attached hydrogens (tertiary/aromatic N) is 1. The normalized spacial score (nSPS) is 12.2. The van der Waals surface area contributed by atoms with Gasteiger partial charge in [-0.2, -0.15) is 0 Å². The van der Waals surface area contributed by atoms with Crippen molar-refractivity contribution in [2.45, 2.75) is 17.2 Å². The number of rotatable bonds is 7. The molecule has 0 saturated heterocycles. The van der Waals surface area contributed by atoms with E-state index in [1.807, 2.05) is 0 Å². The zero-order valence-electron chi connectivity index (χ0n) is 16.2. The van der Waals surface area contributed by atoms with Crippen LogP contribution in [0.4, 0.5) is 5.69 Å². The van der Waals surface area contributed by atoms with Gasteiger partial charge in [-0.3, -0.25) is 4.98 Å². The van der Waals surface area contributed by atoms with Crippen LogP contribution in [0.15, 0.2) is 70.3 Å². The van der Waals surface area contributed by atoms with Crippen LogP contribution in [0, 0.1) is 6.92 Å². The number of carbonyl (C=O) groups is 1. The van der Waals surface area contributed by atoms with Crippen molar-refractivity contribution >= 4 is 37.4 Å². The Morgan fingerprint density at radius 3 is 2.47 bits per heavy atom. The first-order valence-electron chi connectivity index (χ1n) is 8.82. The minimum atomic E-state index is -3.96. The average molecular weight is 491 g/mol. The maximum atomic E-state index is 13.5. The van der Waals surface area contributed by atoms with E-state index in [4.69, 9.17) is 4.74 Å². The van der Waals surface area contributed by atoms with Crippen molar-refractivity contribution in [1.29, 1.82) is 0 Å². The molecule has 1 atom stereocenters. The summed E-state index contributed by atoms with van der Waals surface area (Å²) in [5.74, 6) is -0.648. The highest BCUT2D eigenvalue weighted by atomic mass is 79.9. The molecular formula is C21H19BrN2O5S. The van der Waals surface area contributed by atoms with E-state index in [0.29, 0.717) is 21.3 Å². The Kier molecular flexibility index (Phi) is 6.42. The fraction of sp³-hybridized carbons (Fsp3) is 0.143. The first-order chi connectivity index (χ1) is 14.2. The van der Waals surface area contributed by atoms with Crippen molar-refractivity contribution in [1.82, 2.24) is 4.98 Å². The van der Waals surface area contributed by atoms with Gasteiger partial charge in [-0.1, -0.05) is 22.0 Å². The number of anilines is 1. The minimum absolute atomic E-state index is 0.0410. The van der Waals surface area contributed by atoms with Gasteiger partial charge in [0.1, 0.15) is 5.75 Å². The molecule has 7 nitrogen and oxygen atoms in total. The van der Waals surface area contributed by atoms with Crippen LogP contribution < -0.4 is 10.1 Å². The van der Waals surface area contributed by atoms with Gasteiger partial charge in [0, 0.05) is 22.4 Å². The molecule has 1 heterocycles. The van der Waals surface area contributed by atoms with Crippen LogP contribution in [0.2, 0.25) is 0 Å². The summed E-state index contributed by atoms with van der Waals surface area (Å²) in [6.07, 6.45) is 2.97. The molecule has 0 radical (unpaired) electrons. The summed E-state index contributed by atoms with van der Waals surface area (Å²) >= 11 is 3.29. The van der Waals surface area contributed by atoms with Gasteiger partial charge >= 0.3 is 5.97 Å². The van der Waals surface area contributed by atoms with Crippen LogP contribution in [-0.4, -0.2) is 31.6 Å². The molecule has 30 heavy (non-hydrogen) atoms. The lowest BCUT2D eigenvalue weighted by Crippen LogP contribution is -2.23. The van der Waals surface area contributed by atoms with Gasteiger partial charge in [-0.05, 0) is 55.0 Å². The summed E-state index contributed by atoms with van der Waals surface area (Å²) in [4.78, 5) is 15.9. The van der Waals surface area contributed by atoms with E-state index < -0.39 is 21.2 Å². The number of hydrogen-bond donors (Lipinski definition) is 2. The summed E-state index contributed by atoms with van der Waals surface area (Å²) < 4.78 is 32.7. The lowest BCUT2D eigenvalue weighted by atomic mass is 10.1. The molecule has 3 rings (SSSR count). The lowest BCUT2D eigenvalue weighted by molar-refractivity contribution is 0.0697. The molecule has 0 aliphatic rings. The zero-order valence-corrected chi connectivity index (χ0v) is 18.6. The van der Waals surface area contributed by atoms with Gasteiger partial charge in [-0.25, -0.2) is 13.2 Å². The van der Waals surface area contributed by atoms with E-state index in [0.717, 1.165) is 0 Å². The fourth-order valence-electron chi connectivity index (χ4n) is 3.01. The van der Waals surface area contributed by atoms with Crippen molar-refractivity contribution in [3.8, 4) is 5.75 Å². The van der Waals surface area contributed by atoms with Crippen LogP contribution in [0.1, 0.15) is 26.9 Å². The third-order valence-electron chi connectivity index (χ3n) is 4.49. The number of nitrogens with one attached hydrogen (secondary N) is 1. The van der Waals surface area contributed by atoms with Crippen LogP contribution in [0.5, 0.6) is 5.75 Å². The average Bonchev–Trinajstić information content (AvgIpc) is 2.73. The van der Waals surface area contributed by atoms with Crippen LogP contribution >= 0.6 is 15.9 Å². The number of hydrogen-bond acceptors (Lipinski definition) is 6. The highest BCUT2D eigenvalue weighted by molar-refractivity contribution is 9.10. The second kappa shape index (κ2) is 8.85. The standard InChI is InChI=1S/C21H19BrN2O5S/c1-13-10-15(22)11-18(21(25)26)19(13)24-20(14-4-3-9-23-12-14)30(27,28)17-7-5-16(29-2)6-8-17/h3-12,20,24H,1-2H3,(H,25,26). The van der Waals surface area contributed by atoms with Crippen molar-refractivity contribution in [2.24, 2.45) is 0 Å². The van der Waals surface area contributed by atoms with Crippen LogP contribution in [-0.2, 0) is 9.84 Å². The van der Waals surface area contributed by atoms with E-state index in [9.17, 15) is 18.3 Å². The molecule has 9 heteroatoms. The lowest BCUT2D eigenvalue weighted by Gasteiger charge is -2.23. The number of methoxy groups -OCH3 is 1. The topological polar surface area (TPSA) is 106 Å². The molecule has 2 N–H and O–H groups in total. The molecule has 0 spiro atoms. The predicted octanol–water partition coefficient (Wildman–Crippen LogP) is 4.44. The van der Waals surface area contributed by atoms with Gasteiger partial charge in [0.2, 0.25) is 9.84 Å². The van der Waals surface area contributed by atoms with Gasteiger partial charge in [0.15, 0.2) is 5.37 Å². The first-order valence-corrected chi connectivity index (χ1v) is 11.2.